The fraction of sp³-hybridized carbons (Fsp3) is 0.417. The average molecular weight is 221 g/mol. The van der Waals surface area contributed by atoms with Crippen LogP contribution in [0.15, 0.2) is 24.1 Å². The molecule has 1 aliphatic rings. The summed E-state index contributed by atoms with van der Waals surface area (Å²) in [6.45, 7) is 5.22. The van der Waals surface area contributed by atoms with Gasteiger partial charge in [0.05, 0.1) is 5.69 Å². The van der Waals surface area contributed by atoms with Gasteiger partial charge in [-0.15, -0.1) is 0 Å². The first kappa shape index (κ1) is 10.8. The first-order chi connectivity index (χ1) is 7.41. The van der Waals surface area contributed by atoms with Crippen molar-refractivity contribution in [1.82, 2.24) is 4.57 Å². The summed E-state index contributed by atoms with van der Waals surface area (Å²) in [5.41, 5.74) is 1.30. The number of aromatic nitrogens is 1. The number of cyclic esters (lactones) is 1. The van der Waals surface area contributed by atoms with Crippen LogP contribution in [0.3, 0.4) is 0 Å². The molecule has 1 aromatic heterocycles. The summed E-state index contributed by atoms with van der Waals surface area (Å²) >= 11 is 0. The maximum atomic E-state index is 11.9. The second kappa shape index (κ2) is 3.40. The van der Waals surface area contributed by atoms with Gasteiger partial charge in [0, 0.05) is 27.1 Å². The molecule has 1 aliphatic heterocycles. The van der Waals surface area contributed by atoms with Crippen LogP contribution in [0, 0.1) is 0 Å². The minimum absolute atomic E-state index is 0.337. The van der Waals surface area contributed by atoms with Gasteiger partial charge in [-0.3, -0.25) is 0 Å². The van der Waals surface area contributed by atoms with Crippen molar-refractivity contribution in [3.05, 3.63) is 29.8 Å². The molecule has 2 rings (SSSR count). The van der Waals surface area contributed by atoms with Crippen molar-refractivity contribution in [3.63, 3.8) is 0 Å². The van der Waals surface area contributed by atoms with Gasteiger partial charge in [-0.2, -0.15) is 0 Å². The number of hydrogen-bond donors (Lipinski definition) is 0. The van der Waals surface area contributed by atoms with Crippen LogP contribution in [0.4, 0.5) is 0 Å². The van der Waals surface area contributed by atoms with E-state index in [1.54, 1.807) is 20.8 Å². The van der Waals surface area contributed by atoms with E-state index < -0.39 is 5.79 Å². The molecule has 0 saturated heterocycles. The van der Waals surface area contributed by atoms with Crippen LogP contribution < -0.4 is 0 Å². The minimum Gasteiger partial charge on any atom is -0.456 e. The molecule has 0 radical (unpaired) electrons. The summed E-state index contributed by atoms with van der Waals surface area (Å²) in [6, 6.07) is 3.74. The number of ether oxygens (including phenoxy) is 2. The fourth-order valence-corrected chi connectivity index (χ4v) is 1.86. The predicted molar refractivity (Wildman–Crippen MR) is 59.3 cm³/mol. The highest BCUT2D eigenvalue weighted by atomic mass is 16.7. The summed E-state index contributed by atoms with van der Waals surface area (Å²) < 4.78 is 12.6. The number of rotatable bonds is 1. The van der Waals surface area contributed by atoms with E-state index in [9.17, 15) is 4.79 Å². The smallest absolute Gasteiger partial charge is 0.346 e. The lowest BCUT2D eigenvalue weighted by atomic mass is 10.1. The van der Waals surface area contributed by atoms with Crippen molar-refractivity contribution < 1.29 is 14.3 Å². The van der Waals surface area contributed by atoms with Crippen LogP contribution >= 0.6 is 0 Å². The lowest BCUT2D eigenvalue weighted by Gasteiger charge is -2.32. The Morgan fingerprint density at radius 1 is 1.31 bits per heavy atom. The number of carbonyl (C=O) groups excluding carboxylic acids is 1. The monoisotopic (exact) mass is 221 g/mol. The quantitative estimate of drug-likeness (QED) is 0.681. The van der Waals surface area contributed by atoms with Gasteiger partial charge < -0.3 is 14.0 Å². The lowest BCUT2D eigenvalue weighted by Crippen LogP contribution is -2.36. The molecule has 0 spiro atoms. The Morgan fingerprint density at radius 3 is 2.50 bits per heavy atom. The zero-order valence-electron chi connectivity index (χ0n) is 9.90. The maximum absolute atomic E-state index is 11.9. The summed E-state index contributed by atoms with van der Waals surface area (Å²) in [5.74, 6) is -0.617. The minimum atomic E-state index is -0.879. The van der Waals surface area contributed by atoms with Gasteiger partial charge in [-0.1, -0.05) is 0 Å². The summed E-state index contributed by atoms with van der Waals surface area (Å²) in [7, 11) is 1.88. The van der Waals surface area contributed by atoms with Crippen LogP contribution in [0.2, 0.25) is 0 Å². The summed E-state index contributed by atoms with van der Waals surface area (Å²) in [6.07, 6.45) is 1.88. The molecule has 2 heterocycles. The predicted octanol–water partition coefficient (Wildman–Crippen LogP) is 2.07. The third-order valence-corrected chi connectivity index (χ3v) is 2.49. The molecule has 0 unspecified atom stereocenters. The van der Waals surface area contributed by atoms with E-state index in [0.29, 0.717) is 11.3 Å². The molecule has 1 aromatic rings. The van der Waals surface area contributed by atoms with E-state index in [-0.39, 0.29) is 5.97 Å². The van der Waals surface area contributed by atoms with Gasteiger partial charge in [0.2, 0.25) is 5.79 Å². The third kappa shape index (κ3) is 1.71. The Morgan fingerprint density at radius 2 is 2.00 bits per heavy atom. The largest absolute Gasteiger partial charge is 0.456 e. The topological polar surface area (TPSA) is 40.5 Å². The Balaban J connectivity index is 2.49. The molecule has 4 heteroatoms. The van der Waals surface area contributed by atoms with Gasteiger partial charge >= 0.3 is 5.97 Å². The average Bonchev–Trinajstić information content (AvgIpc) is 2.48. The molecule has 0 aromatic carbocycles. The van der Waals surface area contributed by atoms with Crippen LogP contribution in [-0.2, 0) is 21.3 Å². The Labute approximate surface area is 94.5 Å². The lowest BCUT2D eigenvalue weighted by molar-refractivity contribution is -0.202. The Kier molecular flexibility index (Phi) is 2.30. The SMILES string of the molecule is CC1=C(c2cccn2C)C(=O)OC(C)(C)O1. The van der Waals surface area contributed by atoms with Crippen molar-refractivity contribution in [2.75, 3.05) is 0 Å². The van der Waals surface area contributed by atoms with E-state index in [0.717, 1.165) is 5.69 Å². The van der Waals surface area contributed by atoms with Crippen molar-refractivity contribution in [2.45, 2.75) is 26.6 Å². The van der Waals surface area contributed by atoms with Gasteiger partial charge in [-0.05, 0) is 19.1 Å². The van der Waals surface area contributed by atoms with E-state index in [1.165, 1.54) is 0 Å². The highest BCUT2D eigenvalue weighted by Gasteiger charge is 2.35. The molecular formula is C12H15NO3. The highest BCUT2D eigenvalue weighted by molar-refractivity contribution is 6.17. The molecule has 0 N–H and O–H groups in total. The number of allylic oxidation sites excluding steroid dienone is 1. The molecule has 0 fully saturated rings. The van der Waals surface area contributed by atoms with Crippen molar-refractivity contribution in [3.8, 4) is 0 Å². The molecular weight excluding hydrogens is 206 g/mol. The molecule has 4 nitrogen and oxygen atoms in total. The van der Waals surface area contributed by atoms with Crippen molar-refractivity contribution in [2.24, 2.45) is 7.05 Å². The zero-order chi connectivity index (χ0) is 11.9. The molecule has 0 atom stereocenters. The van der Waals surface area contributed by atoms with Gasteiger partial charge in [0.1, 0.15) is 11.3 Å². The normalized spacial score (nSPS) is 19.4. The molecule has 0 saturated carbocycles. The Bertz CT molecular complexity index is 468. The number of esters is 1. The molecule has 0 amide bonds. The number of carbonyl (C=O) groups is 1. The zero-order valence-corrected chi connectivity index (χ0v) is 9.90. The number of aryl methyl sites for hydroxylation is 1. The standard InChI is InChI=1S/C12H15NO3/c1-8-10(9-6-5-7-13(9)4)11(14)16-12(2,3)15-8/h5-7H,1-4H3. The van der Waals surface area contributed by atoms with E-state index in [2.05, 4.69) is 0 Å². The van der Waals surface area contributed by atoms with Crippen LogP contribution in [0.5, 0.6) is 0 Å². The van der Waals surface area contributed by atoms with Gasteiger partial charge in [-0.25, -0.2) is 4.79 Å². The maximum Gasteiger partial charge on any atom is 0.346 e. The van der Waals surface area contributed by atoms with Crippen molar-refractivity contribution >= 4 is 11.5 Å². The van der Waals surface area contributed by atoms with E-state index in [4.69, 9.17) is 9.47 Å². The summed E-state index contributed by atoms with van der Waals surface area (Å²) in [5, 5.41) is 0. The molecule has 86 valence electrons. The van der Waals surface area contributed by atoms with E-state index >= 15 is 0 Å². The van der Waals surface area contributed by atoms with Gasteiger partial charge in [0.25, 0.3) is 0 Å². The fourth-order valence-electron chi connectivity index (χ4n) is 1.86. The van der Waals surface area contributed by atoms with Crippen molar-refractivity contribution in [1.29, 1.82) is 0 Å². The second-order valence-electron chi connectivity index (χ2n) is 4.33. The van der Waals surface area contributed by atoms with Crippen LogP contribution in [0.25, 0.3) is 5.57 Å². The summed E-state index contributed by atoms with van der Waals surface area (Å²) in [4.78, 5) is 11.9. The third-order valence-electron chi connectivity index (χ3n) is 2.49. The van der Waals surface area contributed by atoms with Gasteiger partial charge in [0.15, 0.2) is 0 Å². The van der Waals surface area contributed by atoms with E-state index in [1.807, 2.05) is 29.9 Å². The second-order valence-corrected chi connectivity index (χ2v) is 4.33. The highest BCUT2D eigenvalue weighted by Crippen LogP contribution is 2.31. The molecule has 0 aliphatic carbocycles. The van der Waals surface area contributed by atoms with Crippen LogP contribution in [0.1, 0.15) is 26.5 Å². The number of nitrogens with zero attached hydrogens (tertiary/aromatic N) is 1. The molecule has 16 heavy (non-hydrogen) atoms. The Hall–Kier alpha value is -1.71. The van der Waals surface area contributed by atoms with Crippen LogP contribution in [-0.4, -0.2) is 16.3 Å². The number of hydrogen-bond acceptors (Lipinski definition) is 3. The first-order valence-corrected chi connectivity index (χ1v) is 5.15. The molecule has 0 bridgehead atoms. The first-order valence-electron chi connectivity index (χ1n) is 5.15.